The monoisotopic (exact) mass is 409 g/mol. The van der Waals surface area contributed by atoms with Gasteiger partial charge in [-0.2, -0.15) is 0 Å². The lowest BCUT2D eigenvalue weighted by atomic mass is 10.1. The summed E-state index contributed by atoms with van der Waals surface area (Å²) in [5.41, 5.74) is 3.19. The normalized spacial score (nSPS) is 11.4. The molecule has 6 nitrogen and oxygen atoms in total. The molecule has 0 spiro atoms. The number of benzene rings is 2. The van der Waals surface area contributed by atoms with Crippen molar-refractivity contribution in [2.45, 2.75) is 19.4 Å². The molecule has 2 N–H and O–H groups in total. The van der Waals surface area contributed by atoms with E-state index in [0.717, 1.165) is 56.1 Å². The smallest absolute Gasteiger partial charge is 0.253 e. The van der Waals surface area contributed by atoms with E-state index in [9.17, 15) is 4.79 Å². The van der Waals surface area contributed by atoms with Crippen LogP contribution in [0.1, 0.15) is 27.9 Å². The zero-order chi connectivity index (χ0) is 21.8. The molecule has 0 aliphatic heterocycles. The van der Waals surface area contributed by atoms with Gasteiger partial charge in [-0.15, -0.1) is 0 Å². The van der Waals surface area contributed by atoms with Crippen LogP contribution >= 0.6 is 0 Å². The molecule has 0 radical (unpaired) electrons. The Morgan fingerprint density at radius 2 is 1.63 bits per heavy atom. The van der Waals surface area contributed by atoms with Crippen LogP contribution in [0, 0.1) is 0 Å². The molecule has 0 aromatic heterocycles. The van der Waals surface area contributed by atoms with Crippen LogP contribution in [0.5, 0.6) is 0 Å². The maximum absolute atomic E-state index is 12.1. The Kier molecular flexibility index (Phi) is 9.87. The van der Waals surface area contributed by atoms with Gasteiger partial charge < -0.3 is 20.4 Å². The second-order valence-electron chi connectivity index (χ2n) is 7.65. The number of carbonyl (C=O) groups excluding carboxylic acids is 1. The zero-order valence-corrected chi connectivity index (χ0v) is 18.7. The summed E-state index contributed by atoms with van der Waals surface area (Å²) in [7, 11) is 7.47. The molecule has 0 aliphatic carbocycles. The first-order valence-corrected chi connectivity index (χ1v) is 10.5. The topological polar surface area (TPSA) is 60.0 Å². The van der Waals surface area contributed by atoms with Crippen LogP contribution in [-0.4, -0.2) is 69.5 Å². The predicted octanol–water partition coefficient (Wildman–Crippen LogP) is 2.62. The van der Waals surface area contributed by atoms with Crippen LogP contribution in [0.15, 0.2) is 59.6 Å². The molecule has 2 aromatic carbocycles. The summed E-state index contributed by atoms with van der Waals surface area (Å²) < 4.78 is 0. The molecule has 2 aromatic rings. The van der Waals surface area contributed by atoms with Crippen LogP contribution in [-0.2, 0) is 13.0 Å². The minimum absolute atomic E-state index is 0.0273. The fraction of sp³-hybridized carbons (Fsp3) is 0.417. The third-order valence-electron chi connectivity index (χ3n) is 4.81. The van der Waals surface area contributed by atoms with Crippen molar-refractivity contribution >= 4 is 11.9 Å². The molecule has 1 amide bonds. The zero-order valence-electron chi connectivity index (χ0n) is 18.7. The molecule has 2 rings (SSSR count). The van der Waals surface area contributed by atoms with E-state index >= 15 is 0 Å². The lowest BCUT2D eigenvalue weighted by Crippen LogP contribution is -2.39. The number of nitrogens with one attached hydrogen (secondary N) is 2. The molecule has 0 fully saturated rings. The number of hydrogen-bond donors (Lipinski definition) is 2. The number of guanidine groups is 1. The molecule has 6 heteroatoms. The highest BCUT2D eigenvalue weighted by Crippen LogP contribution is 2.08. The highest BCUT2D eigenvalue weighted by atomic mass is 16.2. The number of aliphatic imine (C=N–C) groups is 1. The lowest BCUT2D eigenvalue weighted by Gasteiger charge is -2.17. The van der Waals surface area contributed by atoms with Crippen molar-refractivity contribution in [3.05, 3.63) is 71.3 Å². The fourth-order valence-corrected chi connectivity index (χ4v) is 3.19. The van der Waals surface area contributed by atoms with Gasteiger partial charge in [0.1, 0.15) is 0 Å². The molecular formula is C24H35N5O. The summed E-state index contributed by atoms with van der Waals surface area (Å²) in [5.74, 6) is 0.834. The molecule has 0 saturated heterocycles. The van der Waals surface area contributed by atoms with E-state index in [1.54, 1.807) is 26.0 Å². The summed E-state index contributed by atoms with van der Waals surface area (Å²) in [5, 5.41) is 6.72. The lowest BCUT2D eigenvalue weighted by molar-refractivity contribution is 0.0827. The number of amides is 1. The first-order valence-electron chi connectivity index (χ1n) is 10.5. The Balaban J connectivity index is 1.66. The molecule has 162 valence electrons. The van der Waals surface area contributed by atoms with Crippen molar-refractivity contribution in [1.29, 1.82) is 0 Å². The van der Waals surface area contributed by atoms with Crippen LogP contribution in [0.4, 0.5) is 0 Å². The third kappa shape index (κ3) is 8.25. The fourth-order valence-electron chi connectivity index (χ4n) is 3.19. The molecule has 0 unspecified atom stereocenters. The second kappa shape index (κ2) is 12.6. The highest BCUT2D eigenvalue weighted by molar-refractivity contribution is 5.94. The quantitative estimate of drug-likeness (QED) is 0.360. The maximum atomic E-state index is 12.1. The third-order valence-corrected chi connectivity index (χ3v) is 4.81. The largest absolute Gasteiger partial charge is 0.356 e. The van der Waals surface area contributed by atoms with Crippen molar-refractivity contribution in [3.8, 4) is 0 Å². The summed E-state index contributed by atoms with van der Waals surface area (Å²) in [6.45, 7) is 3.60. The molecule has 0 heterocycles. The Hall–Kier alpha value is -2.86. The van der Waals surface area contributed by atoms with Gasteiger partial charge in [0.15, 0.2) is 5.96 Å². The van der Waals surface area contributed by atoms with Gasteiger partial charge in [-0.25, -0.2) is 0 Å². The number of carbonyl (C=O) groups is 1. The first kappa shape index (κ1) is 23.4. The highest BCUT2D eigenvalue weighted by Gasteiger charge is 2.08. The summed E-state index contributed by atoms with van der Waals surface area (Å²) in [4.78, 5) is 20.3. The van der Waals surface area contributed by atoms with Crippen LogP contribution in [0.25, 0.3) is 0 Å². The van der Waals surface area contributed by atoms with Crippen molar-refractivity contribution < 1.29 is 4.79 Å². The number of nitrogens with zero attached hydrogens (tertiary/aromatic N) is 3. The Labute approximate surface area is 181 Å². The van der Waals surface area contributed by atoms with Crippen molar-refractivity contribution in [2.24, 2.45) is 4.99 Å². The van der Waals surface area contributed by atoms with Gasteiger partial charge >= 0.3 is 0 Å². The average Bonchev–Trinajstić information content (AvgIpc) is 2.75. The Morgan fingerprint density at radius 1 is 0.933 bits per heavy atom. The van der Waals surface area contributed by atoms with Gasteiger partial charge in [0.2, 0.25) is 0 Å². The Bertz CT molecular complexity index is 804. The summed E-state index contributed by atoms with van der Waals surface area (Å²) >= 11 is 0. The van der Waals surface area contributed by atoms with E-state index in [2.05, 4.69) is 51.8 Å². The van der Waals surface area contributed by atoms with Gasteiger partial charge in [0.05, 0.1) is 0 Å². The van der Waals surface area contributed by atoms with Gasteiger partial charge in [-0.1, -0.05) is 42.5 Å². The Morgan fingerprint density at radius 3 is 2.33 bits per heavy atom. The van der Waals surface area contributed by atoms with E-state index in [4.69, 9.17) is 0 Å². The van der Waals surface area contributed by atoms with Crippen molar-refractivity contribution in [3.63, 3.8) is 0 Å². The molecule has 0 bridgehead atoms. The van der Waals surface area contributed by atoms with E-state index in [1.807, 2.05) is 30.3 Å². The minimum atomic E-state index is 0.0273. The molecule has 0 aliphatic rings. The molecule has 0 saturated carbocycles. The minimum Gasteiger partial charge on any atom is -0.356 e. The summed E-state index contributed by atoms with van der Waals surface area (Å²) in [6, 6.07) is 18.3. The molecular weight excluding hydrogens is 374 g/mol. The van der Waals surface area contributed by atoms with Crippen molar-refractivity contribution in [2.75, 3.05) is 47.8 Å². The van der Waals surface area contributed by atoms with E-state index in [-0.39, 0.29) is 5.91 Å². The molecule has 30 heavy (non-hydrogen) atoms. The predicted molar refractivity (Wildman–Crippen MR) is 125 cm³/mol. The van der Waals surface area contributed by atoms with Gasteiger partial charge in [0, 0.05) is 46.3 Å². The maximum Gasteiger partial charge on any atom is 0.253 e. The van der Waals surface area contributed by atoms with Gasteiger partial charge in [-0.05, 0) is 49.7 Å². The summed E-state index contributed by atoms with van der Waals surface area (Å²) in [6.07, 6.45) is 1.87. The SMILES string of the molecule is CN=C(NCCCN(C)Cc1ccccc1)NCCc1cccc(C(=O)N(C)C)c1. The van der Waals surface area contributed by atoms with Crippen LogP contribution in [0.2, 0.25) is 0 Å². The van der Waals surface area contributed by atoms with Crippen LogP contribution < -0.4 is 10.6 Å². The van der Waals surface area contributed by atoms with Crippen molar-refractivity contribution in [1.82, 2.24) is 20.4 Å². The van der Waals surface area contributed by atoms with E-state index in [1.165, 1.54) is 5.56 Å². The average molecular weight is 410 g/mol. The van der Waals surface area contributed by atoms with E-state index in [0.29, 0.717) is 0 Å². The van der Waals surface area contributed by atoms with Crippen LogP contribution in [0.3, 0.4) is 0 Å². The van der Waals surface area contributed by atoms with Gasteiger partial charge in [-0.3, -0.25) is 9.79 Å². The van der Waals surface area contributed by atoms with E-state index < -0.39 is 0 Å². The second-order valence-corrected chi connectivity index (χ2v) is 7.65. The van der Waals surface area contributed by atoms with Gasteiger partial charge in [0.25, 0.3) is 5.91 Å². The number of rotatable bonds is 10. The molecule has 0 atom stereocenters. The number of hydrogen-bond acceptors (Lipinski definition) is 3. The standard InChI is InChI=1S/C24H35N5O/c1-25-24(26-15-9-17-29(4)19-21-10-6-5-7-11-21)27-16-14-20-12-8-13-22(18-20)23(30)28(2)3/h5-8,10-13,18H,9,14-17,19H2,1-4H3,(H2,25,26,27). The first-order chi connectivity index (χ1) is 14.5.